The number of para-hydroxylation sites is 1. The standard InChI is InChI=1S/C21H24N4O4S/c1-13(22-21-23-17-6-4-5-7-18(17)30-21)20(27)25-24-19(26)9-8-14-10-15(28-2)12-16(11-14)29-3/h4-7,10-13H,8-9H2,1-3H3,(H,22,23)(H,24,26)(H,25,27)/t13-/m0/s1. The number of ether oxygens (including phenoxy) is 2. The SMILES string of the molecule is COc1cc(CCC(=O)NNC(=O)[C@H](C)Nc2nc3ccccc3s2)cc(OC)c1. The lowest BCUT2D eigenvalue weighted by Gasteiger charge is -2.14. The van der Waals surface area contributed by atoms with Crippen LogP contribution in [0.15, 0.2) is 42.5 Å². The van der Waals surface area contributed by atoms with E-state index in [0.717, 1.165) is 15.8 Å². The number of aromatic nitrogens is 1. The van der Waals surface area contributed by atoms with Crippen LogP contribution in [0.2, 0.25) is 0 Å². The van der Waals surface area contributed by atoms with Crippen LogP contribution in [0.25, 0.3) is 10.2 Å². The van der Waals surface area contributed by atoms with Gasteiger partial charge in [-0.2, -0.15) is 0 Å². The second-order valence-corrected chi connectivity index (χ2v) is 7.64. The molecule has 0 fully saturated rings. The lowest BCUT2D eigenvalue weighted by atomic mass is 10.1. The molecule has 2 amide bonds. The topological polar surface area (TPSA) is 102 Å². The highest BCUT2D eigenvalue weighted by molar-refractivity contribution is 7.22. The number of hydrogen-bond donors (Lipinski definition) is 3. The van der Waals surface area contributed by atoms with E-state index in [1.165, 1.54) is 11.3 Å². The van der Waals surface area contributed by atoms with E-state index in [9.17, 15) is 9.59 Å². The van der Waals surface area contributed by atoms with E-state index in [1.54, 1.807) is 27.2 Å². The molecule has 0 aliphatic rings. The molecule has 3 aromatic rings. The average Bonchev–Trinajstić information content (AvgIpc) is 3.17. The number of hydrazine groups is 1. The Hall–Kier alpha value is -3.33. The number of carbonyl (C=O) groups excluding carboxylic acids is 2. The number of aryl methyl sites for hydroxylation is 1. The molecule has 3 N–H and O–H groups in total. The van der Waals surface area contributed by atoms with Crippen LogP contribution in [0.1, 0.15) is 18.9 Å². The minimum absolute atomic E-state index is 0.205. The van der Waals surface area contributed by atoms with Crippen molar-refractivity contribution in [3.8, 4) is 11.5 Å². The van der Waals surface area contributed by atoms with Gasteiger partial charge in [0.25, 0.3) is 5.91 Å². The fraction of sp³-hybridized carbons (Fsp3) is 0.286. The Morgan fingerprint density at radius 3 is 2.43 bits per heavy atom. The van der Waals surface area contributed by atoms with Crippen LogP contribution < -0.4 is 25.6 Å². The molecule has 0 unspecified atom stereocenters. The summed E-state index contributed by atoms with van der Waals surface area (Å²) in [5.41, 5.74) is 6.67. The molecule has 0 saturated carbocycles. The zero-order valence-electron chi connectivity index (χ0n) is 17.0. The number of nitrogens with one attached hydrogen (secondary N) is 3. The molecular weight excluding hydrogens is 404 g/mol. The average molecular weight is 429 g/mol. The molecule has 1 heterocycles. The van der Waals surface area contributed by atoms with Crippen molar-refractivity contribution in [3.05, 3.63) is 48.0 Å². The van der Waals surface area contributed by atoms with Gasteiger partial charge >= 0.3 is 0 Å². The van der Waals surface area contributed by atoms with Gasteiger partial charge in [-0.15, -0.1) is 0 Å². The first-order valence-electron chi connectivity index (χ1n) is 9.41. The zero-order chi connectivity index (χ0) is 21.5. The largest absolute Gasteiger partial charge is 0.497 e. The van der Waals surface area contributed by atoms with Gasteiger partial charge in [0.2, 0.25) is 5.91 Å². The van der Waals surface area contributed by atoms with Crippen LogP contribution >= 0.6 is 11.3 Å². The molecule has 0 aliphatic heterocycles. The Morgan fingerprint density at radius 2 is 1.77 bits per heavy atom. The molecule has 1 aromatic heterocycles. The minimum Gasteiger partial charge on any atom is -0.497 e. The third-order valence-electron chi connectivity index (χ3n) is 4.40. The Morgan fingerprint density at radius 1 is 1.07 bits per heavy atom. The van der Waals surface area contributed by atoms with Gasteiger partial charge in [-0.25, -0.2) is 4.98 Å². The predicted octanol–water partition coefficient (Wildman–Crippen LogP) is 2.89. The second-order valence-electron chi connectivity index (χ2n) is 6.61. The number of methoxy groups -OCH3 is 2. The van der Waals surface area contributed by atoms with Gasteiger partial charge in [0, 0.05) is 12.5 Å². The molecule has 30 heavy (non-hydrogen) atoms. The van der Waals surface area contributed by atoms with Crippen molar-refractivity contribution in [3.63, 3.8) is 0 Å². The maximum atomic E-state index is 12.3. The van der Waals surface area contributed by atoms with Crippen molar-refractivity contribution in [2.24, 2.45) is 0 Å². The highest BCUT2D eigenvalue weighted by atomic mass is 32.1. The summed E-state index contributed by atoms with van der Waals surface area (Å²) in [6.07, 6.45) is 0.686. The summed E-state index contributed by atoms with van der Waals surface area (Å²) in [5, 5.41) is 3.70. The highest BCUT2D eigenvalue weighted by Crippen LogP contribution is 2.26. The van der Waals surface area contributed by atoms with Crippen molar-refractivity contribution in [1.29, 1.82) is 0 Å². The van der Waals surface area contributed by atoms with Crippen molar-refractivity contribution in [2.75, 3.05) is 19.5 Å². The zero-order valence-corrected chi connectivity index (χ0v) is 17.8. The molecule has 0 saturated heterocycles. The van der Waals surface area contributed by atoms with E-state index in [4.69, 9.17) is 9.47 Å². The number of amides is 2. The van der Waals surface area contributed by atoms with Crippen molar-refractivity contribution in [2.45, 2.75) is 25.8 Å². The number of rotatable bonds is 8. The van der Waals surface area contributed by atoms with Crippen LogP contribution in [-0.4, -0.2) is 37.1 Å². The van der Waals surface area contributed by atoms with E-state index in [-0.39, 0.29) is 18.2 Å². The first kappa shape index (κ1) is 21.4. The number of hydrogen-bond acceptors (Lipinski definition) is 7. The summed E-state index contributed by atoms with van der Waals surface area (Å²) in [5.74, 6) is 0.670. The molecule has 0 radical (unpaired) electrons. The summed E-state index contributed by atoms with van der Waals surface area (Å²) >= 11 is 1.47. The van der Waals surface area contributed by atoms with Crippen molar-refractivity contribution in [1.82, 2.24) is 15.8 Å². The fourth-order valence-electron chi connectivity index (χ4n) is 2.76. The molecule has 1 atom stereocenters. The number of carbonyl (C=O) groups is 2. The monoisotopic (exact) mass is 428 g/mol. The predicted molar refractivity (Wildman–Crippen MR) is 117 cm³/mol. The van der Waals surface area contributed by atoms with Crippen LogP contribution in [0, 0.1) is 0 Å². The lowest BCUT2D eigenvalue weighted by molar-refractivity contribution is -0.129. The number of benzene rings is 2. The summed E-state index contributed by atoms with van der Waals surface area (Å²) < 4.78 is 11.5. The first-order valence-corrected chi connectivity index (χ1v) is 10.2. The molecule has 0 spiro atoms. The number of thiazole rings is 1. The Kier molecular flexibility index (Phi) is 7.08. The molecule has 0 aliphatic carbocycles. The third-order valence-corrected chi connectivity index (χ3v) is 5.37. The molecule has 8 nitrogen and oxygen atoms in total. The van der Waals surface area contributed by atoms with Gasteiger partial charge in [-0.1, -0.05) is 23.5 Å². The Labute approximate surface area is 178 Å². The van der Waals surface area contributed by atoms with Crippen LogP contribution in [0.5, 0.6) is 11.5 Å². The van der Waals surface area contributed by atoms with Crippen molar-refractivity contribution < 1.29 is 19.1 Å². The third kappa shape index (κ3) is 5.60. The van der Waals surface area contributed by atoms with Gasteiger partial charge in [-0.05, 0) is 43.2 Å². The van der Waals surface area contributed by atoms with Crippen molar-refractivity contribution >= 4 is 38.5 Å². The lowest BCUT2D eigenvalue weighted by Crippen LogP contribution is -2.47. The fourth-order valence-corrected chi connectivity index (χ4v) is 3.71. The summed E-state index contributed by atoms with van der Waals surface area (Å²) in [4.78, 5) is 28.8. The Bertz CT molecular complexity index is 982. The van der Waals surface area contributed by atoms with E-state index in [0.29, 0.717) is 23.1 Å². The van der Waals surface area contributed by atoms with Crippen LogP contribution in [0.3, 0.4) is 0 Å². The van der Waals surface area contributed by atoms with E-state index in [2.05, 4.69) is 21.2 Å². The molecule has 158 valence electrons. The van der Waals surface area contributed by atoms with Crippen LogP contribution in [0.4, 0.5) is 5.13 Å². The van der Waals surface area contributed by atoms with E-state index < -0.39 is 6.04 Å². The van der Waals surface area contributed by atoms with E-state index >= 15 is 0 Å². The van der Waals surface area contributed by atoms with Gasteiger partial charge < -0.3 is 14.8 Å². The Balaban J connectivity index is 1.46. The second kappa shape index (κ2) is 9.93. The smallest absolute Gasteiger partial charge is 0.260 e. The van der Waals surface area contributed by atoms with Gasteiger partial charge in [0.15, 0.2) is 5.13 Å². The molecule has 9 heteroatoms. The number of fused-ring (bicyclic) bond motifs is 1. The molecule has 0 bridgehead atoms. The van der Waals surface area contributed by atoms with E-state index in [1.807, 2.05) is 36.4 Å². The number of anilines is 1. The maximum Gasteiger partial charge on any atom is 0.260 e. The van der Waals surface area contributed by atoms with Gasteiger partial charge in [-0.3, -0.25) is 20.4 Å². The number of nitrogens with zero attached hydrogens (tertiary/aromatic N) is 1. The quantitative estimate of drug-likeness (QED) is 0.477. The maximum absolute atomic E-state index is 12.3. The highest BCUT2D eigenvalue weighted by Gasteiger charge is 2.15. The summed E-state index contributed by atoms with van der Waals surface area (Å²) in [6, 6.07) is 12.6. The van der Waals surface area contributed by atoms with Gasteiger partial charge in [0.1, 0.15) is 17.5 Å². The summed E-state index contributed by atoms with van der Waals surface area (Å²) in [6.45, 7) is 1.70. The normalized spacial score (nSPS) is 11.6. The molecule has 2 aromatic carbocycles. The first-order chi connectivity index (χ1) is 14.5. The minimum atomic E-state index is -0.562. The van der Waals surface area contributed by atoms with Crippen LogP contribution in [-0.2, 0) is 16.0 Å². The molecule has 3 rings (SSSR count). The summed E-state index contributed by atoms with van der Waals surface area (Å²) in [7, 11) is 3.15. The molecular formula is C21H24N4O4S. The van der Waals surface area contributed by atoms with Gasteiger partial charge in [0.05, 0.1) is 24.4 Å².